The molecular formula is C24H22N2O2. The van der Waals surface area contributed by atoms with Crippen molar-refractivity contribution in [2.24, 2.45) is 0 Å². The number of para-hydroxylation sites is 3. The summed E-state index contributed by atoms with van der Waals surface area (Å²) < 4.78 is 13.3. The lowest BCUT2D eigenvalue weighted by Gasteiger charge is -2.09. The van der Waals surface area contributed by atoms with E-state index >= 15 is 0 Å². The molecule has 0 fully saturated rings. The minimum absolute atomic E-state index is 0.577. The second-order valence-corrected chi connectivity index (χ2v) is 6.38. The van der Waals surface area contributed by atoms with Gasteiger partial charge in [-0.2, -0.15) is 0 Å². The zero-order valence-electron chi connectivity index (χ0n) is 15.8. The molecule has 0 spiro atoms. The molecule has 4 rings (SSSR count). The maximum Gasteiger partial charge on any atom is 0.133 e. The van der Waals surface area contributed by atoms with Crippen molar-refractivity contribution < 1.29 is 9.47 Å². The highest BCUT2D eigenvalue weighted by Gasteiger charge is 2.08. The summed E-state index contributed by atoms with van der Waals surface area (Å²) in [4.78, 5) is 4.78. The molecule has 0 aliphatic carbocycles. The summed E-state index contributed by atoms with van der Waals surface area (Å²) in [7, 11) is 1.67. The van der Waals surface area contributed by atoms with E-state index in [1.165, 1.54) is 0 Å². The van der Waals surface area contributed by atoms with E-state index in [0.717, 1.165) is 40.5 Å². The first-order valence-electron chi connectivity index (χ1n) is 9.29. The third kappa shape index (κ3) is 4.07. The first-order chi connectivity index (χ1) is 13.8. The number of benzene rings is 3. The molecule has 0 aliphatic rings. The minimum Gasteiger partial charge on any atom is -0.497 e. The number of hydrogen-bond donors (Lipinski definition) is 0. The Hall–Kier alpha value is -3.53. The van der Waals surface area contributed by atoms with Crippen molar-refractivity contribution in [3.05, 3.63) is 90.3 Å². The van der Waals surface area contributed by atoms with Crippen molar-refractivity contribution in [2.75, 3.05) is 13.7 Å². The number of aromatic nitrogens is 2. The molecule has 140 valence electrons. The highest BCUT2D eigenvalue weighted by molar-refractivity contribution is 5.79. The second-order valence-electron chi connectivity index (χ2n) is 6.38. The fraction of sp³-hybridized carbons (Fsp3) is 0.125. The van der Waals surface area contributed by atoms with E-state index < -0.39 is 0 Å². The van der Waals surface area contributed by atoms with Gasteiger partial charge in [0.05, 0.1) is 24.7 Å². The third-order valence-corrected chi connectivity index (χ3v) is 4.55. The molecule has 4 nitrogen and oxygen atoms in total. The molecule has 0 unspecified atom stereocenters. The molecule has 0 saturated heterocycles. The normalized spacial score (nSPS) is 11.2. The van der Waals surface area contributed by atoms with Crippen molar-refractivity contribution in [3.63, 3.8) is 0 Å². The Morgan fingerprint density at radius 2 is 1.57 bits per heavy atom. The lowest BCUT2D eigenvalue weighted by Crippen LogP contribution is -2.09. The van der Waals surface area contributed by atoms with E-state index in [1.807, 2.05) is 78.9 Å². The monoisotopic (exact) mass is 370 g/mol. The molecular weight excluding hydrogens is 348 g/mol. The molecule has 28 heavy (non-hydrogen) atoms. The largest absolute Gasteiger partial charge is 0.497 e. The van der Waals surface area contributed by atoms with Gasteiger partial charge in [-0.1, -0.05) is 48.5 Å². The standard InChI is InChI=1S/C24H22N2O2/c1-27-20-14-11-19(12-15-20)13-16-24-25-22-9-5-6-10-23(22)26(24)17-18-28-21-7-3-2-4-8-21/h2-16H,17-18H2,1H3. The van der Waals surface area contributed by atoms with Crippen molar-refractivity contribution in [1.29, 1.82) is 0 Å². The van der Waals surface area contributed by atoms with Gasteiger partial charge < -0.3 is 14.0 Å². The van der Waals surface area contributed by atoms with E-state index in [1.54, 1.807) is 7.11 Å². The SMILES string of the molecule is COc1ccc(C=Cc2nc3ccccc3n2CCOc2ccccc2)cc1. The van der Waals surface area contributed by atoms with E-state index in [0.29, 0.717) is 6.61 Å². The number of ether oxygens (including phenoxy) is 2. The van der Waals surface area contributed by atoms with Crippen molar-refractivity contribution >= 4 is 23.2 Å². The van der Waals surface area contributed by atoms with E-state index in [4.69, 9.17) is 14.5 Å². The topological polar surface area (TPSA) is 36.3 Å². The highest BCUT2D eigenvalue weighted by Crippen LogP contribution is 2.19. The zero-order valence-corrected chi connectivity index (χ0v) is 15.8. The fourth-order valence-electron chi connectivity index (χ4n) is 3.11. The van der Waals surface area contributed by atoms with Crippen LogP contribution in [-0.2, 0) is 6.54 Å². The van der Waals surface area contributed by atoms with Gasteiger partial charge in [0.1, 0.15) is 23.9 Å². The number of hydrogen-bond acceptors (Lipinski definition) is 3. The molecule has 4 heteroatoms. The predicted octanol–water partition coefficient (Wildman–Crippen LogP) is 5.29. The quantitative estimate of drug-likeness (QED) is 0.443. The number of methoxy groups -OCH3 is 1. The molecule has 0 atom stereocenters. The Morgan fingerprint density at radius 1 is 0.821 bits per heavy atom. The Labute approximate surface area is 164 Å². The second kappa shape index (κ2) is 8.44. The zero-order chi connectivity index (χ0) is 19.2. The molecule has 0 amide bonds. The summed E-state index contributed by atoms with van der Waals surface area (Å²) in [5.41, 5.74) is 3.19. The summed E-state index contributed by atoms with van der Waals surface area (Å²) in [5.74, 6) is 2.64. The molecule has 0 aliphatic heterocycles. The van der Waals surface area contributed by atoms with Crippen LogP contribution in [0.25, 0.3) is 23.2 Å². The van der Waals surface area contributed by atoms with Crippen LogP contribution in [0.2, 0.25) is 0 Å². The Bertz CT molecular complexity index is 1070. The molecule has 1 heterocycles. The summed E-state index contributed by atoms with van der Waals surface area (Å²) in [6.45, 7) is 1.30. The van der Waals surface area contributed by atoms with Crippen LogP contribution in [0.4, 0.5) is 0 Å². The van der Waals surface area contributed by atoms with Crippen LogP contribution in [0.1, 0.15) is 11.4 Å². The fourth-order valence-corrected chi connectivity index (χ4v) is 3.11. The smallest absolute Gasteiger partial charge is 0.133 e. The first kappa shape index (κ1) is 17.9. The van der Waals surface area contributed by atoms with Crippen molar-refractivity contribution in [1.82, 2.24) is 9.55 Å². The number of imidazole rings is 1. The third-order valence-electron chi connectivity index (χ3n) is 4.55. The summed E-state index contributed by atoms with van der Waals surface area (Å²) in [6.07, 6.45) is 4.11. The van der Waals surface area contributed by atoms with Crippen molar-refractivity contribution in [3.8, 4) is 11.5 Å². The lowest BCUT2D eigenvalue weighted by atomic mass is 10.2. The maximum atomic E-state index is 5.88. The molecule has 0 saturated carbocycles. The van der Waals surface area contributed by atoms with E-state index in [-0.39, 0.29) is 0 Å². The number of rotatable bonds is 7. The number of nitrogens with zero attached hydrogens (tertiary/aromatic N) is 2. The van der Waals surface area contributed by atoms with Gasteiger partial charge in [0, 0.05) is 0 Å². The molecule has 0 radical (unpaired) electrons. The molecule has 0 N–H and O–H groups in total. The average molecular weight is 370 g/mol. The summed E-state index contributed by atoms with van der Waals surface area (Å²) in [5, 5.41) is 0. The minimum atomic E-state index is 0.577. The Balaban J connectivity index is 1.56. The Kier molecular flexibility index (Phi) is 5.38. The van der Waals surface area contributed by atoms with Gasteiger partial charge in [0.15, 0.2) is 0 Å². The lowest BCUT2D eigenvalue weighted by molar-refractivity contribution is 0.300. The van der Waals surface area contributed by atoms with Gasteiger partial charge >= 0.3 is 0 Å². The molecule has 3 aromatic carbocycles. The van der Waals surface area contributed by atoms with Crippen LogP contribution >= 0.6 is 0 Å². The van der Waals surface area contributed by atoms with E-state index in [2.05, 4.69) is 16.7 Å². The van der Waals surface area contributed by atoms with Gasteiger partial charge in [0.25, 0.3) is 0 Å². The van der Waals surface area contributed by atoms with Gasteiger partial charge in [-0.3, -0.25) is 0 Å². The predicted molar refractivity (Wildman–Crippen MR) is 114 cm³/mol. The Morgan fingerprint density at radius 3 is 2.36 bits per heavy atom. The molecule has 4 aromatic rings. The van der Waals surface area contributed by atoms with Crippen LogP contribution in [-0.4, -0.2) is 23.3 Å². The van der Waals surface area contributed by atoms with Gasteiger partial charge in [0.2, 0.25) is 0 Å². The first-order valence-corrected chi connectivity index (χ1v) is 9.29. The average Bonchev–Trinajstić information content (AvgIpc) is 3.11. The number of fused-ring (bicyclic) bond motifs is 1. The van der Waals surface area contributed by atoms with Crippen LogP contribution in [0.15, 0.2) is 78.9 Å². The molecule has 0 bridgehead atoms. The van der Waals surface area contributed by atoms with Gasteiger partial charge in [-0.05, 0) is 48.0 Å². The van der Waals surface area contributed by atoms with Crippen LogP contribution in [0, 0.1) is 0 Å². The molecule has 1 aromatic heterocycles. The summed E-state index contributed by atoms with van der Waals surface area (Å²) in [6, 6.07) is 26.0. The van der Waals surface area contributed by atoms with Crippen LogP contribution in [0.5, 0.6) is 11.5 Å². The van der Waals surface area contributed by atoms with Crippen LogP contribution in [0.3, 0.4) is 0 Å². The van der Waals surface area contributed by atoms with Crippen molar-refractivity contribution in [2.45, 2.75) is 6.54 Å². The van der Waals surface area contributed by atoms with Gasteiger partial charge in [-0.15, -0.1) is 0 Å². The van der Waals surface area contributed by atoms with Gasteiger partial charge in [-0.25, -0.2) is 4.98 Å². The summed E-state index contributed by atoms with van der Waals surface area (Å²) >= 11 is 0. The van der Waals surface area contributed by atoms with Crippen LogP contribution < -0.4 is 9.47 Å². The highest BCUT2D eigenvalue weighted by atomic mass is 16.5. The van der Waals surface area contributed by atoms with E-state index in [9.17, 15) is 0 Å². The maximum absolute atomic E-state index is 5.88.